The van der Waals surface area contributed by atoms with Crippen molar-refractivity contribution in [2.24, 2.45) is 0 Å². The molecule has 0 spiro atoms. The Labute approximate surface area is 90.5 Å². The summed E-state index contributed by atoms with van der Waals surface area (Å²) in [6.07, 6.45) is 2.17. The van der Waals surface area contributed by atoms with Crippen molar-refractivity contribution in [3.63, 3.8) is 0 Å². The van der Waals surface area contributed by atoms with Crippen LogP contribution in [-0.4, -0.2) is 49.1 Å². The lowest BCUT2D eigenvalue weighted by molar-refractivity contribution is -0.137. The third kappa shape index (κ3) is 9.21. The summed E-state index contributed by atoms with van der Waals surface area (Å²) in [5.74, 6) is -0.637. The van der Waals surface area contributed by atoms with E-state index in [0.29, 0.717) is 19.4 Å². The quantitative estimate of drug-likeness (QED) is 0.573. The van der Waals surface area contributed by atoms with Crippen molar-refractivity contribution < 1.29 is 14.7 Å². The van der Waals surface area contributed by atoms with Gasteiger partial charge < -0.3 is 15.3 Å². The Kier molecular flexibility index (Phi) is 7.62. The molecule has 0 atom stereocenters. The number of carbonyl (C=O) groups is 2. The number of hydrogen-bond acceptors (Lipinski definition) is 3. The number of carboxylic acids is 1. The summed E-state index contributed by atoms with van der Waals surface area (Å²) in [5, 5.41) is 11.5. The van der Waals surface area contributed by atoms with E-state index in [2.05, 4.69) is 5.32 Å². The molecule has 0 saturated carbocycles. The van der Waals surface area contributed by atoms with Crippen LogP contribution in [0.3, 0.4) is 0 Å². The highest BCUT2D eigenvalue weighted by molar-refractivity contribution is 5.75. The number of carbonyl (C=O) groups excluding carboxylic acids is 1. The van der Waals surface area contributed by atoms with Gasteiger partial charge in [0.25, 0.3) is 0 Å². The summed E-state index contributed by atoms with van der Waals surface area (Å²) in [7, 11) is 3.48. The molecule has 0 unspecified atom stereocenters. The van der Waals surface area contributed by atoms with Gasteiger partial charge in [-0.3, -0.25) is 9.59 Å². The van der Waals surface area contributed by atoms with Crippen molar-refractivity contribution in [2.75, 3.05) is 27.2 Å². The first-order chi connectivity index (χ1) is 7.04. The van der Waals surface area contributed by atoms with Crippen molar-refractivity contribution in [2.45, 2.75) is 25.7 Å². The monoisotopic (exact) mass is 216 g/mol. The Morgan fingerprint density at radius 1 is 1.13 bits per heavy atom. The minimum Gasteiger partial charge on any atom is -0.481 e. The Morgan fingerprint density at radius 3 is 2.13 bits per heavy atom. The number of hydrogen-bond donors (Lipinski definition) is 2. The number of rotatable bonds is 8. The Balaban J connectivity index is 3.18. The summed E-state index contributed by atoms with van der Waals surface area (Å²) >= 11 is 0. The predicted molar refractivity (Wildman–Crippen MR) is 57.7 cm³/mol. The zero-order valence-electron chi connectivity index (χ0n) is 9.45. The van der Waals surface area contributed by atoms with E-state index in [1.807, 2.05) is 0 Å². The lowest BCUT2D eigenvalue weighted by Crippen LogP contribution is -2.24. The molecule has 5 heteroatoms. The van der Waals surface area contributed by atoms with Crippen molar-refractivity contribution in [1.29, 1.82) is 0 Å². The largest absolute Gasteiger partial charge is 0.481 e. The molecule has 5 nitrogen and oxygen atoms in total. The Bertz CT molecular complexity index is 205. The third-order valence-electron chi connectivity index (χ3n) is 1.99. The van der Waals surface area contributed by atoms with Gasteiger partial charge in [-0.1, -0.05) is 0 Å². The van der Waals surface area contributed by atoms with E-state index in [0.717, 1.165) is 13.0 Å². The van der Waals surface area contributed by atoms with Gasteiger partial charge in [0.05, 0.1) is 0 Å². The van der Waals surface area contributed by atoms with Gasteiger partial charge in [-0.2, -0.15) is 0 Å². The van der Waals surface area contributed by atoms with Crippen molar-refractivity contribution >= 4 is 11.9 Å². The van der Waals surface area contributed by atoms with E-state index in [1.165, 1.54) is 0 Å². The van der Waals surface area contributed by atoms with Crippen LogP contribution in [0.1, 0.15) is 25.7 Å². The van der Waals surface area contributed by atoms with Crippen LogP contribution in [-0.2, 0) is 9.59 Å². The summed E-state index contributed by atoms with van der Waals surface area (Å²) in [6.45, 7) is 1.46. The fourth-order valence-corrected chi connectivity index (χ4v) is 1.08. The second-order valence-corrected chi connectivity index (χ2v) is 3.64. The minimum atomic E-state index is -0.764. The first-order valence-corrected chi connectivity index (χ1v) is 5.16. The molecule has 0 bridgehead atoms. The molecule has 1 amide bonds. The molecule has 2 N–H and O–H groups in total. The number of amides is 1. The van der Waals surface area contributed by atoms with Gasteiger partial charge >= 0.3 is 5.97 Å². The molecule has 0 aliphatic rings. The Hall–Kier alpha value is -1.10. The molecule has 15 heavy (non-hydrogen) atoms. The van der Waals surface area contributed by atoms with Crippen LogP contribution >= 0.6 is 0 Å². The van der Waals surface area contributed by atoms with E-state index < -0.39 is 5.97 Å². The zero-order chi connectivity index (χ0) is 11.7. The lowest BCUT2D eigenvalue weighted by atomic mass is 10.2. The average molecular weight is 216 g/mol. The summed E-state index contributed by atoms with van der Waals surface area (Å²) in [5.41, 5.74) is 0. The van der Waals surface area contributed by atoms with Gasteiger partial charge in [0, 0.05) is 26.9 Å². The molecule has 88 valence electrons. The molecule has 0 aromatic heterocycles. The molecule has 0 aliphatic carbocycles. The van der Waals surface area contributed by atoms with Crippen molar-refractivity contribution in [3.8, 4) is 0 Å². The minimum absolute atomic E-state index is 0.127. The summed E-state index contributed by atoms with van der Waals surface area (Å²) in [6, 6.07) is 0. The molecule has 0 radical (unpaired) electrons. The molecular formula is C10H20N2O3. The molecule has 0 heterocycles. The highest BCUT2D eigenvalue weighted by Gasteiger charge is 2.02. The Morgan fingerprint density at radius 2 is 1.67 bits per heavy atom. The number of carboxylic acid groups (broad SMARTS) is 1. The first-order valence-electron chi connectivity index (χ1n) is 5.16. The number of aliphatic carboxylic acids is 1. The van der Waals surface area contributed by atoms with Crippen LogP contribution in [0.2, 0.25) is 0 Å². The normalized spacial score (nSPS) is 10.0. The van der Waals surface area contributed by atoms with Crippen LogP contribution in [0.15, 0.2) is 0 Å². The maximum Gasteiger partial charge on any atom is 0.303 e. The first kappa shape index (κ1) is 13.9. The molecule has 0 aromatic carbocycles. The summed E-state index contributed by atoms with van der Waals surface area (Å²) < 4.78 is 0. The van der Waals surface area contributed by atoms with E-state index in [-0.39, 0.29) is 12.3 Å². The van der Waals surface area contributed by atoms with Crippen LogP contribution in [0.25, 0.3) is 0 Å². The van der Waals surface area contributed by atoms with Gasteiger partial charge in [-0.05, 0) is 25.9 Å². The molecule has 0 rings (SSSR count). The lowest BCUT2D eigenvalue weighted by Gasteiger charge is -2.09. The third-order valence-corrected chi connectivity index (χ3v) is 1.99. The van der Waals surface area contributed by atoms with E-state index in [4.69, 9.17) is 5.11 Å². The van der Waals surface area contributed by atoms with Gasteiger partial charge in [0.15, 0.2) is 0 Å². The molecule has 0 aromatic rings. The molecule has 0 aliphatic heterocycles. The molecular weight excluding hydrogens is 196 g/mol. The van der Waals surface area contributed by atoms with Crippen LogP contribution < -0.4 is 5.32 Å². The smallest absolute Gasteiger partial charge is 0.303 e. The zero-order valence-corrected chi connectivity index (χ0v) is 9.45. The van der Waals surface area contributed by atoms with Crippen LogP contribution in [0, 0.1) is 0 Å². The maximum atomic E-state index is 11.1. The van der Waals surface area contributed by atoms with E-state index in [1.54, 1.807) is 19.0 Å². The fourth-order valence-electron chi connectivity index (χ4n) is 1.08. The van der Waals surface area contributed by atoms with Gasteiger partial charge in [0.2, 0.25) is 5.91 Å². The average Bonchev–Trinajstić information content (AvgIpc) is 2.15. The highest BCUT2D eigenvalue weighted by atomic mass is 16.4. The second kappa shape index (κ2) is 8.23. The second-order valence-electron chi connectivity index (χ2n) is 3.64. The van der Waals surface area contributed by atoms with Crippen LogP contribution in [0.5, 0.6) is 0 Å². The molecule has 0 saturated heterocycles. The van der Waals surface area contributed by atoms with Gasteiger partial charge in [0.1, 0.15) is 0 Å². The number of nitrogens with zero attached hydrogens (tertiary/aromatic N) is 1. The topological polar surface area (TPSA) is 69.6 Å². The van der Waals surface area contributed by atoms with E-state index in [9.17, 15) is 9.59 Å². The standard InChI is InChI=1S/C10H20N2O3/c1-12(2)9(13)5-3-7-11-8-4-6-10(14)15/h11H,3-8H2,1-2H3,(H,14,15). The van der Waals surface area contributed by atoms with Crippen molar-refractivity contribution in [1.82, 2.24) is 10.2 Å². The summed E-state index contributed by atoms with van der Waals surface area (Å²) in [4.78, 5) is 22.9. The van der Waals surface area contributed by atoms with Gasteiger partial charge in [-0.25, -0.2) is 0 Å². The van der Waals surface area contributed by atoms with E-state index >= 15 is 0 Å². The maximum absolute atomic E-state index is 11.1. The van der Waals surface area contributed by atoms with Gasteiger partial charge in [-0.15, -0.1) is 0 Å². The fraction of sp³-hybridized carbons (Fsp3) is 0.800. The SMILES string of the molecule is CN(C)C(=O)CCCNCCCC(=O)O. The molecule has 0 fully saturated rings. The number of nitrogens with one attached hydrogen (secondary N) is 1. The highest BCUT2D eigenvalue weighted by Crippen LogP contribution is 1.92. The van der Waals surface area contributed by atoms with Crippen molar-refractivity contribution in [3.05, 3.63) is 0 Å². The van der Waals surface area contributed by atoms with Crippen LogP contribution in [0.4, 0.5) is 0 Å². The predicted octanol–water partition coefficient (Wildman–Crippen LogP) is 0.309.